The zero-order valence-electron chi connectivity index (χ0n) is 19.3. The van der Waals surface area contributed by atoms with Crippen molar-refractivity contribution < 1.29 is 4.79 Å². The molecular formula is C30H27N3O. The van der Waals surface area contributed by atoms with Crippen molar-refractivity contribution in [1.29, 1.82) is 0 Å². The third kappa shape index (κ3) is 4.48. The Kier molecular flexibility index (Phi) is 6.21. The SMILES string of the molecule is CCC(=O)c1ccccc1N1C=CCC(c2cc(Cc3ccccc3)n(-c3ccccc3)n2)=C1. The van der Waals surface area contributed by atoms with Gasteiger partial charge in [0.2, 0.25) is 0 Å². The largest absolute Gasteiger partial charge is 0.323 e. The second-order valence-electron chi connectivity index (χ2n) is 8.38. The second-order valence-corrected chi connectivity index (χ2v) is 8.38. The van der Waals surface area contributed by atoms with Crippen LogP contribution in [0.3, 0.4) is 0 Å². The van der Waals surface area contributed by atoms with Crippen LogP contribution in [0, 0.1) is 0 Å². The molecule has 0 fully saturated rings. The molecule has 0 amide bonds. The molecular weight excluding hydrogens is 418 g/mol. The Hall–Kier alpha value is -4.18. The zero-order chi connectivity index (χ0) is 23.3. The number of rotatable bonds is 7. The Bertz CT molecular complexity index is 1350. The van der Waals surface area contributed by atoms with E-state index >= 15 is 0 Å². The topological polar surface area (TPSA) is 38.1 Å². The summed E-state index contributed by atoms with van der Waals surface area (Å²) in [4.78, 5) is 14.6. The minimum Gasteiger partial charge on any atom is -0.323 e. The number of hydrogen-bond acceptors (Lipinski definition) is 3. The van der Waals surface area contributed by atoms with Crippen LogP contribution in [-0.4, -0.2) is 15.6 Å². The van der Waals surface area contributed by atoms with E-state index in [4.69, 9.17) is 5.10 Å². The molecule has 0 spiro atoms. The van der Waals surface area contributed by atoms with Gasteiger partial charge in [0.05, 0.1) is 17.1 Å². The van der Waals surface area contributed by atoms with Gasteiger partial charge in [0.25, 0.3) is 0 Å². The van der Waals surface area contributed by atoms with Gasteiger partial charge in [-0.15, -0.1) is 0 Å². The average molecular weight is 446 g/mol. The number of carbonyl (C=O) groups excluding carboxylic acids is 1. The second kappa shape index (κ2) is 9.75. The molecule has 0 unspecified atom stereocenters. The van der Waals surface area contributed by atoms with Gasteiger partial charge in [0.15, 0.2) is 5.78 Å². The number of nitrogens with zero attached hydrogens (tertiary/aromatic N) is 3. The molecule has 34 heavy (non-hydrogen) atoms. The summed E-state index contributed by atoms with van der Waals surface area (Å²) in [5.74, 6) is 0.142. The molecule has 5 rings (SSSR count). The first-order valence-electron chi connectivity index (χ1n) is 11.7. The van der Waals surface area contributed by atoms with E-state index in [1.807, 2.05) is 71.2 Å². The lowest BCUT2D eigenvalue weighted by atomic mass is 10.0. The van der Waals surface area contributed by atoms with Gasteiger partial charge in [0, 0.05) is 42.1 Å². The molecule has 4 nitrogen and oxygen atoms in total. The third-order valence-electron chi connectivity index (χ3n) is 6.04. The summed E-state index contributed by atoms with van der Waals surface area (Å²) < 4.78 is 2.04. The van der Waals surface area contributed by atoms with E-state index in [0.29, 0.717) is 6.42 Å². The van der Waals surface area contributed by atoms with E-state index in [1.54, 1.807) is 0 Å². The number of ketones is 1. The Morgan fingerprint density at radius 2 is 1.62 bits per heavy atom. The van der Waals surface area contributed by atoms with Crippen molar-refractivity contribution in [2.24, 2.45) is 0 Å². The Labute approximate surface area is 200 Å². The number of allylic oxidation sites excluding steroid dienone is 2. The fourth-order valence-electron chi connectivity index (χ4n) is 4.30. The summed E-state index contributed by atoms with van der Waals surface area (Å²) in [5.41, 5.74) is 7.13. The minimum atomic E-state index is 0.142. The number of benzene rings is 3. The molecule has 0 N–H and O–H groups in total. The van der Waals surface area contributed by atoms with Crippen LogP contribution in [0.2, 0.25) is 0 Å². The maximum Gasteiger partial charge on any atom is 0.164 e. The first kappa shape index (κ1) is 21.7. The summed E-state index contributed by atoms with van der Waals surface area (Å²) in [7, 11) is 0. The molecule has 4 heteroatoms. The molecule has 3 aromatic carbocycles. The van der Waals surface area contributed by atoms with Gasteiger partial charge in [-0.3, -0.25) is 4.79 Å². The van der Waals surface area contributed by atoms with Crippen molar-refractivity contribution in [1.82, 2.24) is 9.78 Å². The standard InChI is InChI=1S/C30H27N3O/c1-2-30(34)27-17-9-10-18-29(27)32-19-11-14-24(22-32)28-21-26(20-23-12-5-3-6-13-23)33(31-28)25-15-7-4-8-16-25/h3-13,15-19,21-22H,2,14,20H2,1H3. The number of hydrogen-bond donors (Lipinski definition) is 0. The molecule has 0 atom stereocenters. The van der Waals surface area contributed by atoms with Gasteiger partial charge < -0.3 is 4.90 Å². The molecule has 0 radical (unpaired) electrons. The summed E-state index contributed by atoms with van der Waals surface area (Å²) in [6, 6.07) is 30.7. The normalized spacial score (nSPS) is 13.1. The van der Waals surface area contributed by atoms with Crippen molar-refractivity contribution in [3.8, 4) is 5.69 Å². The van der Waals surface area contributed by atoms with Crippen LogP contribution in [0.15, 0.2) is 109 Å². The van der Waals surface area contributed by atoms with Crippen molar-refractivity contribution >= 4 is 17.0 Å². The molecule has 4 aromatic rings. The highest BCUT2D eigenvalue weighted by atomic mass is 16.1. The van der Waals surface area contributed by atoms with Crippen LogP contribution in [0.4, 0.5) is 5.69 Å². The van der Waals surface area contributed by atoms with Gasteiger partial charge in [-0.25, -0.2) is 4.68 Å². The van der Waals surface area contributed by atoms with Crippen molar-refractivity contribution in [3.63, 3.8) is 0 Å². The van der Waals surface area contributed by atoms with E-state index in [-0.39, 0.29) is 5.78 Å². The smallest absolute Gasteiger partial charge is 0.164 e. The van der Waals surface area contributed by atoms with Crippen LogP contribution < -0.4 is 4.90 Å². The van der Waals surface area contributed by atoms with E-state index in [1.165, 1.54) is 5.56 Å². The molecule has 0 saturated heterocycles. The number of carbonyl (C=O) groups is 1. The molecule has 0 saturated carbocycles. The Morgan fingerprint density at radius 3 is 2.38 bits per heavy atom. The molecule has 0 aliphatic carbocycles. The molecule has 1 aromatic heterocycles. The van der Waals surface area contributed by atoms with Crippen LogP contribution in [0.1, 0.15) is 47.1 Å². The van der Waals surface area contributed by atoms with Gasteiger partial charge in [0.1, 0.15) is 0 Å². The monoisotopic (exact) mass is 445 g/mol. The van der Waals surface area contributed by atoms with Crippen LogP contribution >= 0.6 is 0 Å². The quantitative estimate of drug-likeness (QED) is 0.293. The predicted molar refractivity (Wildman–Crippen MR) is 138 cm³/mol. The fourth-order valence-corrected chi connectivity index (χ4v) is 4.30. The summed E-state index contributed by atoms with van der Waals surface area (Å²) in [6.45, 7) is 1.90. The number of Topliss-reactive ketones (excluding diaryl/α,β-unsaturated/α-hetero) is 1. The van der Waals surface area contributed by atoms with Gasteiger partial charge in [-0.2, -0.15) is 5.10 Å². The van der Waals surface area contributed by atoms with Gasteiger partial charge in [-0.1, -0.05) is 73.7 Å². The van der Waals surface area contributed by atoms with Gasteiger partial charge in [-0.05, 0) is 42.3 Å². The lowest BCUT2D eigenvalue weighted by Crippen LogP contribution is -2.15. The third-order valence-corrected chi connectivity index (χ3v) is 6.04. The number of anilines is 1. The summed E-state index contributed by atoms with van der Waals surface area (Å²) in [5, 5.41) is 5.02. The number of aromatic nitrogens is 2. The van der Waals surface area contributed by atoms with Crippen LogP contribution in [0.5, 0.6) is 0 Å². The fraction of sp³-hybridized carbons (Fsp3) is 0.133. The lowest BCUT2D eigenvalue weighted by molar-refractivity contribution is 0.0989. The predicted octanol–water partition coefficient (Wildman–Crippen LogP) is 6.82. The highest BCUT2D eigenvalue weighted by Gasteiger charge is 2.18. The summed E-state index contributed by atoms with van der Waals surface area (Å²) >= 11 is 0. The molecule has 1 aliphatic rings. The highest BCUT2D eigenvalue weighted by Crippen LogP contribution is 2.30. The van der Waals surface area contributed by atoms with E-state index in [9.17, 15) is 4.79 Å². The Morgan fingerprint density at radius 1 is 0.912 bits per heavy atom. The first-order valence-corrected chi connectivity index (χ1v) is 11.7. The maximum atomic E-state index is 12.5. The first-order chi connectivity index (χ1) is 16.7. The Balaban J connectivity index is 1.54. The molecule has 0 bridgehead atoms. The molecule has 1 aliphatic heterocycles. The molecule has 168 valence electrons. The van der Waals surface area contributed by atoms with E-state index in [2.05, 4.69) is 54.7 Å². The van der Waals surface area contributed by atoms with E-state index < -0.39 is 0 Å². The lowest BCUT2D eigenvalue weighted by Gasteiger charge is -2.23. The van der Waals surface area contributed by atoms with Crippen molar-refractivity contribution in [3.05, 3.63) is 132 Å². The molecule has 2 heterocycles. The van der Waals surface area contributed by atoms with Crippen molar-refractivity contribution in [2.75, 3.05) is 4.90 Å². The highest BCUT2D eigenvalue weighted by molar-refractivity contribution is 6.01. The van der Waals surface area contributed by atoms with Crippen LogP contribution in [0.25, 0.3) is 11.3 Å². The average Bonchev–Trinajstić information content (AvgIpc) is 3.33. The van der Waals surface area contributed by atoms with Crippen LogP contribution in [-0.2, 0) is 6.42 Å². The maximum absolute atomic E-state index is 12.5. The summed E-state index contributed by atoms with van der Waals surface area (Å²) in [6.07, 6.45) is 8.33. The zero-order valence-corrected chi connectivity index (χ0v) is 19.3. The van der Waals surface area contributed by atoms with Crippen molar-refractivity contribution in [2.45, 2.75) is 26.2 Å². The number of para-hydroxylation sites is 2. The van der Waals surface area contributed by atoms with Gasteiger partial charge >= 0.3 is 0 Å². The minimum absolute atomic E-state index is 0.142. The van der Waals surface area contributed by atoms with E-state index in [0.717, 1.165) is 46.7 Å².